The van der Waals surface area contributed by atoms with Crippen molar-refractivity contribution in [2.75, 3.05) is 0 Å². The van der Waals surface area contributed by atoms with Gasteiger partial charge in [-0.25, -0.2) is 9.59 Å². The van der Waals surface area contributed by atoms with Crippen molar-refractivity contribution in [1.82, 2.24) is 0 Å². The van der Waals surface area contributed by atoms with Crippen molar-refractivity contribution in [3.63, 3.8) is 0 Å². The summed E-state index contributed by atoms with van der Waals surface area (Å²) in [6.07, 6.45) is -0.844. The van der Waals surface area contributed by atoms with Crippen LogP contribution in [-0.2, 0) is 9.53 Å². The highest BCUT2D eigenvalue weighted by Crippen LogP contribution is 1.80. The van der Waals surface area contributed by atoms with Crippen LogP contribution in [0.25, 0.3) is 0 Å². The second-order valence-corrected chi connectivity index (χ2v) is 2.05. The van der Waals surface area contributed by atoms with Crippen LogP contribution in [0.4, 0.5) is 4.79 Å². The first-order valence-corrected chi connectivity index (χ1v) is 3.74. The summed E-state index contributed by atoms with van der Waals surface area (Å²) in [6, 6.07) is 12.0. The summed E-state index contributed by atoms with van der Waals surface area (Å²) >= 11 is 0. The third kappa shape index (κ3) is 8.00. The third-order valence-electron chi connectivity index (χ3n) is 1.02. The maximum Gasteiger partial charge on any atom is 0.513 e. The van der Waals surface area contributed by atoms with Crippen LogP contribution in [0.5, 0.6) is 0 Å². The first kappa shape index (κ1) is 11.9. The van der Waals surface area contributed by atoms with E-state index in [4.69, 9.17) is 5.11 Å². The lowest BCUT2D eigenvalue weighted by molar-refractivity contribution is -0.133. The van der Waals surface area contributed by atoms with Gasteiger partial charge in [-0.05, 0) is 0 Å². The molecule has 1 aromatic rings. The summed E-state index contributed by atoms with van der Waals surface area (Å²) < 4.78 is 3.56. The topological polar surface area (TPSA) is 63.6 Å². The summed E-state index contributed by atoms with van der Waals surface area (Å²) in [4.78, 5) is 19.4. The molecule has 74 valence electrons. The summed E-state index contributed by atoms with van der Waals surface area (Å²) in [5.74, 6) is -0.961. The number of esters is 1. The Balaban J connectivity index is 0.000000249. The van der Waals surface area contributed by atoms with Gasteiger partial charge in [0.15, 0.2) is 0 Å². The maximum atomic E-state index is 9.90. The molecule has 0 heterocycles. The summed E-state index contributed by atoms with van der Waals surface area (Å²) in [7, 11) is 0. The number of carboxylic acid groups (broad SMARTS) is 1. The van der Waals surface area contributed by atoms with E-state index in [2.05, 4.69) is 11.3 Å². The number of carbonyl (C=O) groups is 2. The van der Waals surface area contributed by atoms with Crippen LogP contribution in [0.3, 0.4) is 0 Å². The molecule has 4 nitrogen and oxygen atoms in total. The molecule has 0 aromatic heterocycles. The number of hydrogen-bond donors (Lipinski definition) is 1. The number of hydrogen-bond acceptors (Lipinski definition) is 3. The van der Waals surface area contributed by atoms with E-state index in [0.717, 1.165) is 6.08 Å². The van der Waals surface area contributed by atoms with Gasteiger partial charge in [-0.2, -0.15) is 0 Å². The normalized spacial score (nSPS) is 7.71. The first-order chi connectivity index (χ1) is 6.66. The fraction of sp³-hybridized carbons (Fsp3) is 0. The Hall–Kier alpha value is -2.10. The minimum Gasteiger partial charge on any atom is -0.449 e. The van der Waals surface area contributed by atoms with Gasteiger partial charge in [0, 0.05) is 6.08 Å². The fourth-order valence-corrected chi connectivity index (χ4v) is 0.513. The monoisotopic (exact) mass is 194 g/mol. The van der Waals surface area contributed by atoms with E-state index in [0.29, 0.717) is 0 Å². The second kappa shape index (κ2) is 7.54. The molecule has 0 spiro atoms. The van der Waals surface area contributed by atoms with Crippen molar-refractivity contribution < 1.29 is 19.4 Å². The summed E-state index contributed by atoms with van der Waals surface area (Å²) in [6.45, 7) is 2.98. The molecule has 14 heavy (non-hydrogen) atoms. The van der Waals surface area contributed by atoms with Crippen LogP contribution < -0.4 is 0 Å². The highest BCUT2D eigenvalue weighted by molar-refractivity contribution is 5.88. The van der Waals surface area contributed by atoms with E-state index in [1.54, 1.807) is 0 Å². The van der Waals surface area contributed by atoms with Crippen LogP contribution in [-0.4, -0.2) is 17.2 Å². The standard InChI is InChI=1S/C6H6.C4H4O4/c1-2-4-6-5-3-1;1-2-3(5)8-4(6)7/h1-6H;2H,1H2,(H,6,7). The second-order valence-electron chi connectivity index (χ2n) is 2.05. The highest BCUT2D eigenvalue weighted by Gasteiger charge is 2.00. The molecule has 0 unspecified atom stereocenters. The summed E-state index contributed by atoms with van der Waals surface area (Å²) in [5.41, 5.74) is 0. The Bertz CT molecular complexity index is 266. The Morgan fingerprint density at radius 1 is 1.07 bits per heavy atom. The van der Waals surface area contributed by atoms with Crippen molar-refractivity contribution in [2.24, 2.45) is 0 Å². The molecule has 0 aliphatic heterocycles. The van der Waals surface area contributed by atoms with Crippen LogP contribution in [0.2, 0.25) is 0 Å². The molecular formula is C10H10O4. The smallest absolute Gasteiger partial charge is 0.449 e. The summed E-state index contributed by atoms with van der Waals surface area (Å²) in [5, 5.41) is 7.72. The first-order valence-electron chi connectivity index (χ1n) is 3.74. The Morgan fingerprint density at radius 2 is 1.43 bits per heavy atom. The van der Waals surface area contributed by atoms with E-state index in [1.165, 1.54) is 0 Å². The SMILES string of the molecule is C=CC(=O)OC(=O)O.c1ccccc1. The highest BCUT2D eigenvalue weighted by atomic mass is 16.7. The predicted octanol–water partition coefficient (Wildman–Crippen LogP) is 2.08. The Morgan fingerprint density at radius 3 is 1.57 bits per heavy atom. The maximum absolute atomic E-state index is 9.90. The van der Waals surface area contributed by atoms with Crippen LogP contribution >= 0.6 is 0 Å². The van der Waals surface area contributed by atoms with Gasteiger partial charge in [0.05, 0.1) is 0 Å². The molecule has 0 saturated heterocycles. The molecule has 0 aliphatic rings. The molecule has 0 saturated carbocycles. The predicted molar refractivity (Wildman–Crippen MR) is 50.8 cm³/mol. The average molecular weight is 194 g/mol. The zero-order valence-electron chi connectivity index (χ0n) is 7.42. The molecule has 4 heteroatoms. The average Bonchev–Trinajstić information content (AvgIpc) is 2.20. The van der Waals surface area contributed by atoms with Crippen LogP contribution in [0, 0.1) is 0 Å². The van der Waals surface area contributed by atoms with E-state index in [1.807, 2.05) is 36.4 Å². The van der Waals surface area contributed by atoms with Crippen molar-refractivity contribution in [2.45, 2.75) is 0 Å². The lowest BCUT2D eigenvalue weighted by Gasteiger charge is -1.87. The van der Waals surface area contributed by atoms with Gasteiger partial charge in [0.1, 0.15) is 0 Å². The van der Waals surface area contributed by atoms with Crippen molar-refractivity contribution >= 4 is 12.1 Å². The lowest BCUT2D eigenvalue weighted by atomic mass is 10.4. The van der Waals surface area contributed by atoms with Gasteiger partial charge in [-0.1, -0.05) is 43.0 Å². The molecule has 1 aromatic carbocycles. The molecule has 0 fully saturated rings. The van der Waals surface area contributed by atoms with E-state index in [-0.39, 0.29) is 0 Å². The minimum absolute atomic E-state index is 0.772. The Kier molecular flexibility index (Phi) is 6.41. The zero-order valence-corrected chi connectivity index (χ0v) is 7.42. The van der Waals surface area contributed by atoms with Gasteiger partial charge >= 0.3 is 12.1 Å². The fourth-order valence-electron chi connectivity index (χ4n) is 0.513. The molecule has 1 rings (SSSR count). The van der Waals surface area contributed by atoms with Gasteiger partial charge < -0.3 is 9.84 Å². The number of benzene rings is 1. The zero-order chi connectivity index (χ0) is 10.8. The molecule has 0 radical (unpaired) electrons. The third-order valence-corrected chi connectivity index (χ3v) is 1.02. The molecule has 0 aliphatic carbocycles. The quantitative estimate of drug-likeness (QED) is 0.422. The Labute approximate surface area is 81.4 Å². The lowest BCUT2D eigenvalue weighted by Crippen LogP contribution is -2.05. The number of rotatable bonds is 1. The van der Waals surface area contributed by atoms with Crippen molar-refractivity contribution in [1.29, 1.82) is 0 Å². The van der Waals surface area contributed by atoms with E-state index in [9.17, 15) is 9.59 Å². The van der Waals surface area contributed by atoms with Gasteiger partial charge in [-0.3, -0.25) is 0 Å². The van der Waals surface area contributed by atoms with Gasteiger partial charge in [-0.15, -0.1) is 0 Å². The minimum atomic E-state index is -1.62. The number of ether oxygens (including phenoxy) is 1. The number of carbonyl (C=O) groups excluding carboxylic acids is 1. The molecule has 0 bridgehead atoms. The molecule has 0 amide bonds. The molecular weight excluding hydrogens is 184 g/mol. The van der Waals surface area contributed by atoms with Crippen LogP contribution in [0.15, 0.2) is 49.1 Å². The van der Waals surface area contributed by atoms with E-state index < -0.39 is 12.1 Å². The molecule has 0 atom stereocenters. The van der Waals surface area contributed by atoms with Gasteiger partial charge in [0.25, 0.3) is 0 Å². The molecule has 1 N–H and O–H groups in total. The largest absolute Gasteiger partial charge is 0.513 e. The van der Waals surface area contributed by atoms with Gasteiger partial charge in [0.2, 0.25) is 0 Å². The van der Waals surface area contributed by atoms with Crippen molar-refractivity contribution in [3.05, 3.63) is 49.1 Å². The van der Waals surface area contributed by atoms with E-state index >= 15 is 0 Å². The van der Waals surface area contributed by atoms with Crippen molar-refractivity contribution in [3.8, 4) is 0 Å². The van der Waals surface area contributed by atoms with Crippen LogP contribution in [0.1, 0.15) is 0 Å².